The second-order valence-electron chi connectivity index (χ2n) is 3.48. The van der Waals surface area contributed by atoms with Crippen molar-refractivity contribution in [2.45, 2.75) is 39.2 Å². The predicted molar refractivity (Wildman–Crippen MR) is 54.1 cm³/mol. The minimum Gasteiger partial charge on any atom is -0.274 e. The zero-order chi connectivity index (χ0) is 10.9. The number of amides is 1. The molecule has 0 spiro atoms. The number of nitrogens with zero attached hydrogens (tertiary/aromatic N) is 1. The fourth-order valence-electron chi connectivity index (χ4n) is 1.90. The number of rotatable bonds is 4. The summed E-state index contributed by atoms with van der Waals surface area (Å²) in [5, 5.41) is 0. The molecule has 0 aromatic heterocycles. The second kappa shape index (κ2) is 4.06. The van der Waals surface area contributed by atoms with E-state index in [1.807, 2.05) is 13.8 Å². The Morgan fingerprint density at radius 3 is 2.29 bits per heavy atom. The lowest BCUT2D eigenvalue weighted by atomic mass is 9.87. The minimum atomic E-state index is -3.87. The molecular weight excluding hydrogens is 226 g/mol. The first kappa shape index (κ1) is 11.8. The van der Waals surface area contributed by atoms with E-state index in [4.69, 9.17) is 10.7 Å². The molecule has 0 bridgehead atoms. The van der Waals surface area contributed by atoms with Crippen LogP contribution in [0.5, 0.6) is 0 Å². The van der Waals surface area contributed by atoms with Gasteiger partial charge in [0, 0.05) is 17.1 Å². The van der Waals surface area contributed by atoms with Crippen LogP contribution in [0.15, 0.2) is 0 Å². The molecule has 0 aromatic rings. The number of carbonyl (C=O) groups is 1. The van der Waals surface area contributed by atoms with E-state index in [1.165, 1.54) is 0 Å². The van der Waals surface area contributed by atoms with Gasteiger partial charge >= 0.3 is 9.24 Å². The molecule has 0 N–H and O–H groups in total. The Morgan fingerprint density at radius 2 is 2.00 bits per heavy atom. The summed E-state index contributed by atoms with van der Waals surface area (Å²) in [6.45, 7) is 3.96. The molecule has 1 saturated heterocycles. The molecule has 0 aliphatic carbocycles. The van der Waals surface area contributed by atoms with E-state index in [2.05, 4.69) is 0 Å². The molecule has 1 atom stereocenters. The van der Waals surface area contributed by atoms with E-state index in [-0.39, 0.29) is 12.0 Å². The summed E-state index contributed by atoms with van der Waals surface area (Å²) in [6, 6.07) is -0.222. The number of hydrogen-bond acceptors (Lipinski definition) is 3. The van der Waals surface area contributed by atoms with Crippen LogP contribution < -0.4 is 0 Å². The van der Waals surface area contributed by atoms with Gasteiger partial charge in [0.1, 0.15) is 0 Å². The topological polar surface area (TPSA) is 54.5 Å². The van der Waals surface area contributed by atoms with Crippen LogP contribution in [0.25, 0.3) is 0 Å². The predicted octanol–water partition coefficient (Wildman–Crippen LogP) is 1.51. The SMILES string of the molecule is CCC(CC)C1CC(=O)N1S(=O)(=O)Cl. The lowest BCUT2D eigenvalue weighted by molar-refractivity contribution is -0.139. The van der Waals surface area contributed by atoms with Crippen molar-refractivity contribution in [2.24, 2.45) is 5.92 Å². The number of hydrogen-bond donors (Lipinski definition) is 0. The molecule has 1 unspecified atom stereocenters. The highest BCUT2D eigenvalue weighted by Crippen LogP contribution is 2.33. The highest BCUT2D eigenvalue weighted by Gasteiger charge is 2.46. The third-order valence-electron chi connectivity index (χ3n) is 2.76. The first-order chi connectivity index (χ1) is 6.41. The van der Waals surface area contributed by atoms with Crippen LogP contribution >= 0.6 is 10.7 Å². The summed E-state index contributed by atoms with van der Waals surface area (Å²) in [4.78, 5) is 11.1. The first-order valence-electron chi connectivity index (χ1n) is 4.68. The maximum absolute atomic E-state index is 11.1. The van der Waals surface area contributed by atoms with Gasteiger partial charge in [-0.15, -0.1) is 0 Å². The van der Waals surface area contributed by atoms with E-state index in [0.717, 1.165) is 17.1 Å². The molecule has 4 nitrogen and oxygen atoms in total. The normalized spacial score (nSPS) is 22.7. The smallest absolute Gasteiger partial charge is 0.274 e. The average molecular weight is 240 g/mol. The second-order valence-corrected chi connectivity index (χ2v) is 5.87. The van der Waals surface area contributed by atoms with E-state index in [9.17, 15) is 13.2 Å². The van der Waals surface area contributed by atoms with Crippen LogP contribution in [0.1, 0.15) is 33.1 Å². The van der Waals surface area contributed by atoms with Crippen LogP contribution in [0.3, 0.4) is 0 Å². The molecule has 0 aromatic carbocycles. The molecule has 6 heteroatoms. The van der Waals surface area contributed by atoms with Crippen molar-refractivity contribution >= 4 is 25.8 Å². The van der Waals surface area contributed by atoms with Crippen molar-refractivity contribution in [1.29, 1.82) is 0 Å². The van der Waals surface area contributed by atoms with Gasteiger partial charge in [0.05, 0.1) is 6.04 Å². The van der Waals surface area contributed by atoms with Crippen molar-refractivity contribution in [2.75, 3.05) is 0 Å². The first-order valence-corrected chi connectivity index (χ1v) is 6.95. The quantitative estimate of drug-likeness (QED) is 0.552. The molecule has 0 radical (unpaired) electrons. The van der Waals surface area contributed by atoms with Gasteiger partial charge in [-0.25, -0.2) is 4.31 Å². The molecule has 1 heterocycles. The third kappa shape index (κ3) is 2.03. The summed E-state index contributed by atoms with van der Waals surface area (Å²) in [5.74, 6) is -0.168. The summed E-state index contributed by atoms with van der Waals surface area (Å²) in [7, 11) is 1.29. The Bertz CT molecular complexity index is 323. The lowest BCUT2D eigenvalue weighted by Crippen LogP contribution is -2.57. The maximum atomic E-state index is 11.1. The summed E-state index contributed by atoms with van der Waals surface area (Å²) < 4.78 is 22.9. The van der Waals surface area contributed by atoms with E-state index < -0.39 is 15.1 Å². The molecule has 1 aliphatic rings. The largest absolute Gasteiger partial charge is 0.324 e. The van der Waals surface area contributed by atoms with Gasteiger partial charge in [0.2, 0.25) is 5.91 Å². The monoisotopic (exact) mass is 239 g/mol. The van der Waals surface area contributed by atoms with Crippen molar-refractivity contribution in [1.82, 2.24) is 4.31 Å². The van der Waals surface area contributed by atoms with Crippen LogP contribution in [0, 0.1) is 5.92 Å². The van der Waals surface area contributed by atoms with Crippen LogP contribution in [-0.2, 0) is 14.0 Å². The molecule has 1 fully saturated rings. The zero-order valence-corrected chi connectivity index (χ0v) is 9.81. The summed E-state index contributed by atoms with van der Waals surface area (Å²) in [6.07, 6.45) is 2.02. The highest BCUT2D eigenvalue weighted by molar-refractivity contribution is 8.12. The minimum absolute atomic E-state index is 0.222. The third-order valence-corrected chi connectivity index (χ3v) is 4.15. The Hall–Kier alpha value is -0.290. The van der Waals surface area contributed by atoms with Crippen molar-refractivity contribution < 1.29 is 13.2 Å². The zero-order valence-electron chi connectivity index (χ0n) is 8.23. The molecule has 1 aliphatic heterocycles. The van der Waals surface area contributed by atoms with Crippen molar-refractivity contribution in [3.8, 4) is 0 Å². The molecule has 1 rings (SSSR count). The Labute approximate surface area is 88.8 Å². The molecule has 14 heavy (non-hydrogen) atoms. The lowest BCUT2D eigenvalue weighted by Gasteiger charge is -2.41. The van der Waals surface area contributed by atoms with Gasteiger partial charge in [0.15, 0.2) is 0 Å². The fraction of sp³-hybridized carbons (Fsp3) is 0.875. The van der Waals surface area contributed by atoms with Gasteiger partial charge in [-0.05, 0) is 5.92 Å². The number of carbonyl (C=O) groups excluding carboxylic acids is 1. The van der Waals surface area contributed by atoms with Crippen molar-refractivity contribution in [3.63, 3.8) is 0 Å². The molecule has 82 valence electrons. The van der Waals surface area contributed by atoms with Crippen LogP contribution in [0.4, 0.5) is 0 Å². The van der Waals surface area contributed by atoms with Gasteiger partial charge in [-0.3, -0.25) is 4.79 Å². The standard InChI is InChI=1S/C8H14ClNO3S/c1-3-6(4-2)7-5-8(11)10(7)14(9,12)13/h6-7H,3-5H2,1-2H3. The molecular formula is C8H14ClNO3S. The highest BCUT2D eigenvalue weighted by atomic mass is 35.7. The molecule has 0 saturated carbocycles. The fourth-order valence-corrected chi connectivity index (χ4v) is 3.32. The van der Waals surface area contributed by atoms with Gasteiger partial charge in [-0.1, -0.05) is 26.7 Å². The Balaban J connectivity index is 2.80. The van der Waals surface area contributed by atoms with Crippen LogP contribution in [-0.4, -0.2) is 24.7 Å². The number of β-lactam (4-membered cyclic amide) rings is 1. The summed E-state index contributed by atoms with van der Waals surface area (Å²) >= 11 is 0. The average Bonchev–Trinajstić information content (AvgIpc) is 2.01. The number of halogens is 1. The van der Waals surface area contributed by atoms with E-state index in [0.29, 0.717) is 6.42 Å². The van der Waals surface area contributed by atoms with E-state index >= 15 is 0 Å². The van der Waals surface area contributed by atoms with Crippen molar-refractivity contribution in [3.05, 3.63) is 0 Å². The summed E-state index contributed by atoms with van der Waals surface area (Å²) in [5.41, 5.74) is 0. The maximum Gasteiger partial charge on any atom is 0.324 e. The Kier molecular flexibility index (Phi) is 3.42. The van der Waals surface area contributed by atoms with Gasteiger partial charge < -0.3 is 0 Å². The van der Waals surface area contributed by atoms with Gasteiger partial charge in [0.25, 0.3) is 0 Å². The van der Waals surface area contributed by atoms with Gasteiger partial charge in [-0.2, -0.15) is 8.42 Å². The van der Waals surface area contributed by atoms with Crippen LogP contribution in [0.2, 0.25) is 0 Å². The van der Waals surface area contributed by atoms with E-state index in [1.54, 1.807) is 0 Å². The Morgan fingerprint density at radius 1 is 1.50 bits per heavy atom. The molecule has 1 amide bonds.